The summed E-state index contributed by atoms with van der Waals surface area (Å²) < 4.78 is 7.61. The van der Waals surface area contributed by atoms with Gasteiger partial charge in [0, 0.05) is 16.3 Å². The fourth-order valence-corrected chi connectivity index (χ4v) is 3.65. The van der Waals surface area contributed by atoms with E-state index in [1.165, 1.54) is 5.56 Å². The van der Waals surface area contributed by atoms with Gasteiger partial charge in [-0.25, -0.2) is 0 Å². The van der Waals surface area contributed by atoms with Crippen LogP contribution < -0.4 is 0 Å². The molecule has 4 nitrogen and oxygen atoms in total. The van der Waals surface area contributed by atoms with E-state index in [2.05, 4.69) is 39.0 Å². The zero-order valence-electron chi connectivity index (χ0n) is 15.0. The molecule has 0 atom stereocenters. The number of aromatic nitrogens is 3. The molecule has 0 bridgehead atoms. The molecule has 0 aliphatic heterocycles. The van der Waals surface area contributed by atoms with Crippen LogP contribution >= 0.6 is 23.4 Å². The normalized spacial score (nSPS) is 11.3. The van der Waals surface area contributed by atoms with Crippen molar-refractivity contribution in [2.75, 3.05) is 5.75 Å². The molecule has 4 aromatic rings. The molecule has 2 heterocycles. The molecule has 28 heavy (non-hydrogen) atoms. The van der Waals surface area contributed by atoms with Crippen molar-refractivity contribution in [2.45, 2.75) is 11.7 Å². The van der Waals surface area contributed by atoms with Gasteiger partial charge in [-0.2, -0.15) is 0 Å². The molecule has 0 amide bonds. The van der Waals surface area contributed by atoms with Crippen LogP contribution in [-0.2, 0) is 6.54 Å². The van der Waals surface area contributed by atoms with E-state index < -0.39 is 0 Å². The summed E-state index contributed by atoms with van der Waals surface area (Å²) in [6.07, 6.45) is 5.92. The molecule has 140 valence electrons. The Morgan fingerprint density at radius 3 is 2.54 bits per heavy atom. The number of hydrogen-bond donors (Lipinski definition) is 0. The molecule has 4 rings (SSSR count). The van der Waals surface area contributed by atoms with Crippen molar-refractivity contribution >= 4 is 29.4 Å². The molecule has 0 fully saturated rings. The van der Waals surface area contributed by atoms with Gasteiger partial charge < -0.3 is 4.42 Å². The summed E-state index contributed by atoms with van der Waals surface area (Å²) >= 11 is 7.67. The second kappa shape index (κ2) is 8.95. The van der Waals surface area contributed by atoms with E-state index in [-0.39, 0.29) is 0 Å². The maximum absolute atomic E-state index is 6.02. The average molecular weight is 408 g/mol. The van der Waals surface area contributed by atoms with Gasteiger partial charge in [-0.15, -0.1) is 10.2 Å². The Morgan fingerprint density at radius 2 is 1.79 bits per heavy atom. The molecule has 0 N–H and O–H groups in total. The number of thioether (sulfide) groups is 1. The number of benzene rings is 2. The highest BCUT2D eigenvalue weighted by Gasteiger charge is 2.15. The summed E-state index contributed by atoms with van der Waals surface area (Å²) in [6, 6.07) is 21.7. The second-order valence-corrected chi connectivity index (χ2v) is 7.53. The number of nitrogens with zero attached hydrogens (tertiary/aromatic N) is 3. The van der Waals surface area contributed by atoms with E-state index in [0.717, 1.165) is 28.1 Å². The Labute approximate surface area is 172 Å². The first-order valence-electron chi connectivity index (χ1n) is 8.85. The Kier molecular flexibility index (Phi) is 5.95. The third-order valence-corrected chi connectivity index (χ3v) is 5.30. The Bertz CT molecular complexity index is 1040. The first-order chi connectivity index (χ1) is 13.8. The van der Waals surface area contributed by atoms with Gasteiger partial charge in [0.1, 0.15) is 5.76 Å². The SMILES string of the molecule is Clc1ccc(-c2nnc(SCC=Cc3ccccc3)n2Cc2ccco2)cc1. The zero-order valence-corrected chi connectivity index (χ0v) is 16.6. The van der Waals surface area contributed by atoms with Crippen molar-refractivity contribution in [1.29, 1.82) is 0 Å². The zero-order chi connectivity index (χ0) is 19.2. The highest BCUT2D eigenvalue weighted by molar-refractivity contribution is 7.99. The van der Waals surface area contributed by atoms with Gasteiger partial charge in [-0.05, 0) is 42.0 Å². The van der Waals surface area contributed by atoms with Gasteiger partial charge in [0.05, 0.1) is 12.8 Å². The molecule has 0 aliphatic rings. The lowest BCUT2D eigenvalue weighted by Gasteiger charge is -2.08. The molecule has 0 aliphatic carbocycles. The van der Waals surface area contributed by atoms with Crippen LogP contribution in [0.25, 0.3) is 17.5 Å². The van der Waals surface area contributed by atoms with Crippen molar-refractivity contribution in [3.63, 3.8) is 0 Å². The molecule has 0 spiro atoms. The standard InChI is InChI=1S/C22H18ClN3OS/c23-19-12-10-18(11-13-19)21-24-25-22(26(21)16-20-9-4-14-27-20)28-15-5-8-17-6-2-1-3-7-17/h1-14H,15-16H2. The van der Waals surface area contributed by atoms with E-state index in [1.54, 1.807) is 18.0 Å². The molecule has 2 aromatic carbocycles. The molecule has 2 aromatic heterocycles. The van der Waals surface area contributed by atoms with Crippen LogP contribution in [0.2, 0.25) is 5.02 Å². The van der Waals surface area contributed by atoms with E-state index in [9.17, 15) is 0 Å². The summed E-state index contributed by atoms with van der Waals surface area (Å²) in [7, 11) is 0. The third kappa shape index (κ3) is 4.55. The largest absolute Gasteiger partial charge is 0.467 e. The smallest absolute Gasteiger partial charge is 0.192 e. The van der Waals surface area contributed by atoms with Crippen LogP contribution in [0.4, 0.5) is 0 Å². The second-order valence-electron chi connectivity index (χ2n) is 6.10. The summed E-state index contributed by atoms with van der Waals surface area (Å²) in [5.41, 5.74) is 2.15. The maximum atomic E-state index is 6.02. The Hall–Kier alpha value is -2.76. The molecule has 0 saturated heterocycles. The minimum absolute atomic E-state index is 0.572. The van der Waals surface area contributed by atoms with Gasteiger partial charge in [0.15, 0.2) is 11.0 Å². The first-order valence-corrected chi connectivity index (χ1v) is 10.2. The molecule has 6 heteroatoms. The van der Waals surface area contributed by atoms with Gasteiger partial charge in [-0.1, -0.05) is 65.8 Å². The molecule has 0 saturated carbocycles. The number of halogens is 1. The van der Waals surface area contributed by atoms with Gasteiger partial charge in [0.2, 0.25) is 0 Å². The molecule has 0 radical (unpaired) electrons. The predicted molar refractivity (Wildman–Crippen MR) is 114 cm³/mol. The van der Waals surface area contributed by atoms with Crippen molar-refractivity contribution in [2.24, 2.45) is 0 Å². The minimum Gasteiger partial charge on any atom is -0.467 e. The van der Waals surface area contributed by atoms with Gasteiger partial charge in [-0.3, -0.25) is 4.57 Å². The fourth-order valence-electron chi connectivity index (χ4n) is 2.78. The number of hydrogen-bond acceptors (Lipinski definition) is 4. The predicted octanol–water partition coefficient (Wildman–Crippen LogP) is 6.05. The van der Waals surface area contributed by atoms with Crippen molar-refractivity contribution < 1.29 is 4.42 Å². The van der Waals surface area contributed by atoms with E-state index in [1.807, 2.05) is 54.6 Å². The lowest BCUT2D eigenvalue weighted by molar-refractivity contribution is 0.485. The summed E-state index contributed by atoms with van der Waals surface area (Å²) in [4.78, 5) is 0. The van der Waals surface area contributed by atoms with E-state index >= 15 is 0 Å². The van der Waals surface area contributed by atoms with Crippen molar-refractivity contribution in [3.8, 4) is 11.4 Å². The van der Waals surface area contributed by atoms with Crippen LogP contribution in [0.15, 0.2) is 88.6 Å². The van der Waals surface area contributed by atoms with Gasteiger partial charge >= 0.3 is 0 Å². The number of furan rings is 1. The Morgan fingerprint density at radius 1 is 0.964 bits per heavy atom. The monoisotopic (exact) mass is 407 g/mol. The van der Waals surface area contributed by atoms with E-state index in [4.69, 9.17) is 16.0 Å². The lowest BCUT2D eigenvalue weighted by atomic mass is 10.2. The van der Waals surface area contributed by atoms with Crippen LogP contribution in [0.3, 0.4) is 0 Å². The van der Waals surface area contributed by atoms with Crippen LogP contribution in [0.5, 0.6) is 0 Å². The topological polar surface area (TPSA) is 43.9 Å². The quantitative estimate of drug-likeness (QED) is 0.350. The van der Waals surface area contributed by atoms with Crippen LogP contribution in [-0.4, -0.2) is 20.5 Å². The van der Waals surface area contributed by atoms with Crippen molar-refractivity contribution in [1.82, 2.24) is 14.8 Å². The maximum Gasteiger partial charge on any atom is 0.192 e. The molecular weight excluding hydrogens is 390 g/mol. The summed E-state index contributed by atoms with van der Waals surface area (Å²) in [5, 5.41) is 10.4. The highest BCUT2D eigenvalue weighted by Crippen LogP contribution is 2.26. The lowest BCUT2D eigenvalue weighted by Crippen LogP contribution is -2.03. The van der Waals surface area contributed by atoms with Crippen LogP contribution in [0.1, 0.15) is 11.3 Å². The first kappa shape index (κ1) is 18.6. The molecule has 0 unspecified atom stereocenters. The van der Waals surface area contributed by atoms with E-state index in [0.29, 0.717) is 11.6 Å². The average Bonchev–Trinajstić information content (AvgIpc) is 3.38. The highest BCUT2D eigenvalue weighted by atomic mass is 35.5. The third-order valence-electron chi connectivity index (χ3n) is 4.13. The number of rotatable bonds is 7. The molecular formula is C22H18ClN3OS. The summed E-state index contributed by atoms with van der Waals surface area (Å²) in [5.74, 6) is 2.45. The van der Waals surface area contributed by atoms with Crippen molar-refractivity contribution in [3.05, 3.63) is 95.4 Å². The summed E-state index contributed by atoms with van der Waals surface area (Å²) in [6.45, 7) is 0.572. The minimum atomic E-state index is 0.572. The van der Waals surface area contributed by atoms with Crippen LogP contribution in [0, 0.1) is 0 Å². The Balaban J connectivity index is 1.56. The fraction of sp³-hybridized carbons (Fsp3) is 0.0909. The van der Waals surface area contributed by atoms with Gasteiger partial charge in [0.25, 0.3) is 0 Å².